The first-order valence-electron chi connectivity index (χ1n) is 19.3. The molecule has 6 heteroatoms. The molecule has 0 N–H and O–H groups in total. The van der Waals surface area contributed by atoms with Gasteiger partial charge in [-0.25, -0.2) is 9.36 Å². The zero-order valence-electron chi connectivity index (χ0n) is 32.1. The van der Waals surface area contributed by atoms with E-state index in [1.165, 1.54) is 38.5 Å². The van der Waals surface area contributed by atoms with Crippen LogP contribution in [0.4, 0.5) is 0 Å². The number of aromatic nitrogens is 6. The fraction of sp³-hybridized carbons (Fsp3) is 0.0588. The van der Waals surface area contributed by atoms with Crippen molar-refractivity contribution in [2.45, 2.75) is 20.8 Å². The third kappa shape index (κ3) is 5.81. The molecule has 0 amide bonds. The van der Waals surface area contributed by atoms with Crippen LogP contribution in [0.25, 0.3) is 89.9 Å². The highest BCUT2D eigenvalue weighted by atomic mass is 15.3. The number of hydrogen-bond acceptors (Lipinski definition) is 2. The van der Waals surface area contributed by atoms with Gasteiger partial charge in [-0.3, -0.25) is 0 Å². The Balaban J connectivity index is 1.16. The Hall–Kier alpha value is -7.44. The smallest absolute Gasteiger partial charge is 0.0741 e. The van der Waals surface area contributed by atoms with Crippen LogP contribution in [0.1, 0.15) is 29.3 Å². The number of fused-ring (bicyclic) bond motifs is 3. The van der Waals surface area contributed by atoms with Crippen molar-refractivity contribution in [1.82, 2.24) is 28.7 Å². The van der Waals surface area contributed by atoms with E-state index >= 15 is 0 Å². The van der Waals surface area contributed by atoms with Crippen molar-refractivity contribution in [2.75, 3.05) is 0 Å². The molecule has 4 aromatic heterocycles. The molecule has 0 atom stereocenters. The minimum atomic E-state index is 0.944. The van der Waals surface area contributed by atoms with Gasteiger partial charge in [0.1, 0.15) is 0 Å². The van der Waals surface area contributed by atoms with Crippen LogP contribution >= 0.6 is 0 Å². The summed E-state index contributed by atoms with van der Waals surface area (Å²) in [6, 6.07) is 48.1. The molecule has 10 rings (SSSR count). The van der Waals surface area contributed by atoms with Crippen LogP contribution in [0, 0.1) is 13.8 Å². The molecule has 0 aliphatic rings. The van der Waals surface area contributed by atoms with Crippen LogP contribution < -0.4 is 0 Å². The Kier molecular flexibility index (Phi) is 8.19. The van der Waals surface area contributed by atoms with Gasteiger partial charge in [0.2, 0.25) is 0 Å². The van der Waals surface area contributed by atoms with E-state index in [-0.39, 0.29) is 0 Å². The van der Waals surface area contributed by atoms with Gasteiger partial charge in [-0.05, 0) is 138 Å². The molecular weight excluding hydrogens is 697 g/mol. The monoisotopic (exact) mass is 736 g/mol. The molecule has 10 aromatic rings. The van der Waals surface area contributed by atoms with Crippen LogP contribution in [0.3, 0.4) is 0 Å². The molecule has 274 valence electrons. The minimum Gasteiger partial charge on any atom is -0.316 e. The second-order valence-corrected chi connectivity index (χ2v) is 14.7. The average Bonchev–Trinajstić information content (AvgIpc) is 4.06. The largest absolute Gasteiger partial charge is 0.316 e. The van der Waals surface area contributed by atoms with Gasteiger partial charge in [-0.15, -0.1) is 0 Å². The summed E-state index contributed by atoms with van der Waals surface area (Å²) >= 11 is 0. The third-order valence-corrected chi connectivity index (χ3v) is 11.1. The summed E-state index contributed by atoms with van der Waals surface area (Å²) < 4.78 is 8.61. The number of para-hydroxylation sites is 3. The lowest BCUT2D eigenvalue weighted by Crippen LogP contribution is -2.04. The number of benzene rings is 6. The second kappa shape index (κ2) is 13.7. The summed E-state index contributed by atoms with van der Waals surface area (Å²) in [7, 11) is 0. The van der Waals surface area contributed by atoms with Crippen LogP contribution in [0.5, 0.6) is 0 Å². The van der Waals surface area contributed by atoms with Crippen LogP contribution in [-0.4, -0.2) is 28.7 Å². The van der Waals surface area contributed by atoms with Gasteiger partial charge in [0.05, 0.1) is 46.0 Å². The van der Waals surface area contributed by atoms with Gasteiger partial charge >= 0.3 is 0 Å². The summed E-state index contributed by atoms with van der Waals surface area (Å²) in [5, 5.41) is 13.2. The van der Waals surface area contributed by atoms with Crippen LogP contribution in [-0.2, 0) is 0 Å². The first-order valence-corrected chi connectivity index (χ1v) is 19.3. The van der Waals surface area contributed by atoms with Gasteiger partial charge in [0.25, 0.3) is 0 Å². The molecule has 0 unspecified atom stereocenters. The maximum absolute atomic E-state index is 4.86. The Morgan fingerprint density at radius 3 is 1.58 bits per heavy atom. The first kappa shape index (κ1) is 34.1. The zero-order chi connectivity index (χ0) is 38.6. The van der Waals surface area contributed by atoms with Gasteiger partial charge < -0.3 is 9.13 Å². The van der Waals surface area contributed by atoms with E-state index < -0.39 is 0 Å². The Labute approximate surface area is 331 Å². The first-order chi connectivity index (χ1) is 28.0. The molecule has 0 saturated carbocycles. The predicted octanol–water partition coefficient (Wildman–Crippen LogP) is 12.7. The lowest BCUT2D eigenvalue weighted by Gasteiger charge is -2.18. The van der Waals surface area contributed by atoms with E-state index in [9.17, 15) is 0 Å². The number of hydrogen-bond donors (Lipinski definition) is 0. The molecule has 4 heterocycles. The Morgan fingerprint density at radius 2 is 1.00 bits per heavy atom. The molecule has 0 aliphatic carbocycles. The van der Waals surface area contributed by atoms with Crippen molar-refractivity contribution in [1.29, 1.82) is 0 Å². The number of nitrogens with zero attached hydrogens (tertiary/aromatic N) is 6. The molecule has 0 saturated heterocycles. The van der Waals surface area contributed by atoms with Gasteiger partial charge in [0.15, 0.2) is 0 Å². The number of rotatable bonds is 8. The van der Waals surface area contributed by atoms with E-state index in [1.54, 1.807) is 0 Å². The number of allylic oxidation sites excluding steroid dienone is 1. The second-order valence-electron chi connectivity index (χ2n) is 14.7. The van der Waals surface area contributed by atoms with Gasteiger partial charge in [-0.2, -0.15) is 10.2 Å². The molecule has 0 spiro atoms. The normalized spacial score (nSPS) is 11.8. The molecule has 6 aromatic carbocycles. The molecule has 57 heavy (non-hydrogen) atoms. The standard InChI is InChI=1S/C51H40N6/c1-5-13-50-36(6-2)32-52-56(50)44-28-41(29-45(31-44)57-51-19-12-9-16-39(51)33-53-57)47-25-34(3)46(24-35(47)4)40-26-42(54-22-20-37-14-7-10-17-48(37)54)30-43(27-40)55-23-21-38-15-8-11-18-49(38)55/h5-33H,2H2,1,3-4H3/b13-5-. The molecule has 0 fully saturated rings. The summed E-state index contributed by atoms with van der Waals surface area (Å²) in [6.07, 6.45) is 14.1. The molecule has 0 aliphatic heterocycles. The highest BCUT2D eigenvalue weighted by Gasteiger charge is 2.17. The Bertz CT molecular complexity index is 3100. The van der Waals surface area contributed by atoms with Crippen molar-refractivity contribution < 1.29 is 0 Å². The van der Waals surface area contributed by atoms with Crippen molar-refractivity contribution >= 4 is 44.9 Å². The van der Waals surface area contributed by atoms with Crippen LogP contribution in [0.15, 0.2) is 171 Å². The topological polar surface area (TPSA) is 45.5 Å². The maximum Gasteiger partial charge on any atom is 0.0741 e. The van der Waals surface area contributed by atoms with Crippen molar-refractivity contribution in [2.24, 2.45) is 0 Å². The fourth-order valence-electron chi connectivity index (χ4n) is 8.31. The van der Waals surface area contributed by atoms with E-state index in [2.05, 4.69) is 175 Å². The van der Waals surface area contributed by atoms with Gasteiger partial charge in [-0.1, -0.05) is 85.5 Å². The average molecular weight is 737 g/mol. The van der Waals surface area contributed by atoms with Crippen molar-refractivity contribution in [3.8, 4) is 45.0 Å². The predicted molar refractivity (Wildman–Crippen MR) is 237 cm³/mol. The molecule has 0 bridgehead atoms. The zero-order valence-corrected chi connectivity index (χ0v) is 32.1. The van der Waals surface area contributed by atoms with Gasteiger partial charge in [0, 0.05) is 34.7 Å². The lowest BCUT2D eigenvalue weighted by molar-refractivity contribution is 0.860. The number of aryl methyl sites for hydroxylation is 2. The lowest BCUT2D eigenvalue weighted by atomic mass is 9.91. The molecule has 0 radical (unpaired) electrons. The van der Waals surface area contributed by atoms with Crippen molar-refractivity contribution in [3.63, 3.8) is 0 Å². The maximum atomic E-state index is 4.86. The Morgan fingerprint density at radius 1 is 0.509 bits per heavy atom. The summed E-state index contributed by atoms with van der Waals surface area (Å²) in [4.78, 5) is 0. The quantitative estimate of drug-likeness (QED) is 0.156. The molecular formula is C51H40N6. The van der Waals surface area contributed by atoms with Crippen LogP contribution in [0.2, 0.25) is 0 Å². The van der Waals surface area contributed by atoms with E-state index in [1.807, 2.05) is 46.9 Å². The summed E-state index contributed by atoms with van der Waals surface area (Å²) in [6.45, 7) is 10.5. The van der Waals surface area contributed by atoms with E-state index in [0.717, 1.165) is 61.6 Å². The van der Waals surface area contributed by atoms with Crippen molar-refractivity contribution in [3.05, 3.63) is 193 Å². The highest BCUT2D eigenvalue weighted by Crippen LogP contribution is 2.37. The van der Waals surface area contributed by atoms with E-state index in [0.29, 0.717) is 0 Å². The summed E-state index contributed by atoms with van der Waals surface area (Å²) in [5.74, 6) is 0. The fourth-order valence-corrected chi connectivity index (χ4v) is 8.31. The highest BCUT2D eigenvalue weighted by molar-refractivity contribution is 5.87. The van der Waals surface area contributed by atoms with E-state index in [4.69, 9.17) is 10.2 Å². The SMILES string of the molecule is C=Cc1cnn(-c2cc(-c3cc(C)c(-c4cc(-n5ccc6ccccc65)cc(-n5ccc6ccccc65)c4)cc3C)cc(-n3ncc4ccccc43)c2)c1/C=C\C. The summed E-state index contributed by atoms with van der Waals surface area (Å²) in [5.41, 5.74) is 16.4. The minimum absolute atomic E-state index is 0.944. The molecule has 6 nitrogen and oxygen atoms in total. The third-order valence-electron chi connectivity index (χ3n) is 11.1.